The van der Waals surface area contributed by atoms with Crippen LogP contribution in [0.2, 0.25) is 0 Å². The van der Waals surface area contributed by atoms with Crippen LogP contribution in [0.25, 0.3) is 11.1 Å². The Labute approximate surface area is 213 Å². The second kappa shape index (κ2) is 12.0. The molecule has 7 heteroatoms. The fraction of sp³-hybridized carbons (Fsp3) is 0.483. The number of hydrogen-bond donors (Lipinski definition) is 1. The zero-order valence-electron chi connectivity index (χ0n) is 21.6. The van der Waals surface area contributed by atoms with Crippen LogP contribution < -0.4 is 0 Å². The molecule has 0 saturated heterocycles. The number of methoxy groups -OCH3 is 2. The van der Waals surface area contributed by atoms with E-state index in [0.29, 0.717) is 19.4 Å². The standard InChI is InChI=1S/C29H37NO6/c1-5-35-29-23(14-9-15-31)25(17-26(36-29)28(32)30(2)18-27(33-3)34-4)22-13-8-12-21-20-11-7-6-10-19(20)16-24(21)22/h6-8,10-13,17,23,25,27,29,31H,5,9,14-16,18H2,1-4H3/t23-,25-,29-/m0/s1. The fourth-order valence-electron chi connectivity index (χ4n) is 5.35. The van der Waals surface area contributed by atoms with E-state index in [2.05, 4.69) is 42.5 Å². The molecule has 1 N–H and O–H groups in total. The van der Waals surface area contributed by atoms with Gasteiger partial charge in [0.15, 0.2) is 12.0 Å². The van der Waals surface area contributed by atoms with E-state index >= 15 is 0 Å². The highest BCUT2D eigenvalue weighted by atomic mass is 16.7. The van der Waals surface area contributed by atoms with Crippen LogP contribution in [0.15, 0.2) is 54.3 Å². The predicted molar refractivity (Wildman–Crippen MR) is 137 cm³/mol. The maximum atomic E-state index is 13.5. The number of rotatable bonds is 11. The summed E-state index contributed by atoms with van der Waals surface area (Å²) < 4.78 is 22.8. The average Bonchev–Trinajstić information content (AvgIpc) is 3.29. The molecule has 1 aliphatic carbocycles. The maximum Gasteiger partial charge on any atom is 0.288 e. The molecule has 3 atom stereocenters. The van der Waals surface area contributed by atoms with E-state index in [1.807, 2.05) is 13.0 Å². The van der Waals surface area contributed by atoms with Crippen molar-refractivity contribution in [2.75, 3.05) is 41.0 Å². The molecule has 0 bridgehead atoms. The summed E-state index contributed by atoms with van der Waals surface area (Å²) in [4.78, 5) is 15.0. The normalized spacial score (nSPS) is 20.5. The van der Waals surface area contributed by atoms with Gasteiger partial charge >= 0.3 is 0 Å². The number of aliphatic hydroxyl groups excluding tert-OH is 1. The van der Waals surface area contributed by atoms with Crippen molar-refractivity contribution in [1.29, 1.82) is 0 Å². The van der Waals surface area contributed by atoms with Gasteiger partial charge in [0.05, 0.1) is 6.54 Å². The van der Waals surface area contributed by atoms with Gasteiger partial charge in [0, 0.05) is 46.3 Å². The zero-order valence-corrected chi connectivity index (χ0v) is 21.6. The third-order valence-electron chi connectivity index (χ3n) is 7.16. The summed E-state index contributed by atoms with van der Waals surface area (Å²) in [6.45, 7) is 2.73. The van der Waals surface area contributed by atoms with E-state index in [9.17, 15) is 9.90 Å². The van der Waals surface area contributed by atoms with Gasteiger partial charge in [-0.15, -0.1) is 0 Å². The molecule has 0 saturated carbocycles. The van der Waals surface area contributed by atoms with Crippen molar-refractivity contribution in [3.05, 3.63) is 71.0 Å². The number of carbonyl (C=O) groups is 1. The molecule has 0 spiro atoms. The highest BCUT2D eigenvalue weighted by molar-refractivity contribution is 5.91. The summed E-state index contributed by atoms with van der Waals surface area (Å²) >= 11 is 0. The topological polar surface area (TPSA) is 77.5 Å². The molecule has 0 radical (unpaired) electrons. The Morgan fingerprint density at radius 2 is 1.89 bits per heavy atom. The second-order valence-corrected chi connectivity index (χ2v) is 9.32. The Morgan fingerprint density at radius 3 is 2.61 bits per heavy atom. The molecule has 194 valence electrons. The first kappa shape index (κ1) is 26.4. The molecule has 2 aromatic carbocycles. The predicted octanol–water partition coefficient (Wildman–Crippen LogP) is 4.08. The van der Waals surface area contributed by atoms with Crippen LogP contribution in [0.1, 0.15) is 42.4 Å². The van der Waals surface area contributed by atoms with Gasteiger partial charge in [-0.05, 0) is 60.1 Å². The number of carbonyl (C=O) groups excluding carboxylic acids is 1. The van der Waals surface area contributed by atoms with Gasteiger partial charge in [-0.2, -0.15) is 0 Å². The number of benzene rings is 2. The summed E-state index contributed by atoms with van der Waals surface area (Å²) in [7, 11) is 4.80. The first-order chi connectivity index (χ1) is 17.5. The van der Waals surface area contributed by atoms with Gasteiger partial charge in [0.2, 0.25) is 6.29 Å². The number of amides is 1. The first-order valence-corrected chi connectivity index (χ1v) is 12.6. The third kappa shape index (κ3) is 5.34. The molecule has 1 aliphatic heterocycles. The molecule has 36 heavy (non-hydrogen) atoms. The Morgan fingerprint density at radius 1 is 1.14 bits per heavy atom. The minimum atomic E-state index is -0.593. The summed E-state index contributed by atoms with van der Waals surface area (Å²) in [5.74, 6) is -0.125. The Kier molecular flexibility index (Phi) is 8.80. The van der Waals surface area contributed by atoms with Gasteiger partial charge in [-0.1, -0.05) is 42.5 Å². The number of allylic oxidation sites excluding steroid dienone is 1. The lowest BCUT2D eigenvalue weighted by molar-refractivity contribution is -0.172. The second-order valence-electron chi connectivity index (χ2n) is 9.32. The maximum absolute atomic E-state index is 13.5. The van der Waals surface area contributed by atoms with Crippen molar-refractivity contribution >= 4 is 5.91 Å². The largest absolute Gasteiger partial charge is 0.459 e. The van der Waals surface area contributed by atoms with Gasteiger partial charge in [0.25, 0.3) is 5.91 Å². The molecule has 4 rings (SSSR count). The molecule has 0 aromatic heterocycles. The molecule has 1 heterocycles. The van der Waals surface area contributed by atoms with Crippen molar-refractivity contribution in [2.24, 2.45) is 5.92 Å². The van der Waals surface area contributed by atoms with Crippen LogP contribution in [0.5, 0.6) is 0 Å². The van der Waals surface area contributed by atoms with Crippen molar-refractivity contribution in [2.45, 2.75) is 44.7 Å². The SMILES string of the molecule is CCO[C@H]1OC(C(=O)N(C)CC(OC)OC)=C[C@@H](c2cccc3c2Cc2ccccc2-3)[C@@H]1CCCO. The lowest BCUT2D eigenvalue weighted by Crippen LogP contribution is -2.42. The molecule has 0 fully saturated rings. The van der Waals surface area contributed by atoms with Crippen LogP contribution in [0, 0.1) is 5.92 Å². The number of ether oxygens (including phenoxy) is 4. The molecule has 0 unspecified atom stereocenters. The number of nitrogens with zero attached hydrogens (tertiary/aromatic N) is 1. The lowest BCUT2D eigenvalue weighted by atomic mass is 9.78. The number of aliphatic hydroxyl groups is 1. The zero-order chi connectivity index (χ0) is 25.7. The average molecular weight is 496 g/mol. The fourth-order valence-corrected chi connectivity index (χ4v) is 5.35. The Balaban J connectivity index is 1.74. The van der Waals surface area contributed by atoms with Crippen LogP contribution in [-0.4, -0.2) is 69.5 Å². The van der Waals surface area contributed by atoms with E-state index in [1.165, 1.54) is 27.8 Å². The lowest BCUT2D eigenvalue weighted by Gasteiger charge is -2.38. The van der Waals surface area contributed by atoms with Crippen LogP contribution in [0.3, 0.4) is 0 Å². The van der Waals surface area contributed by atoms with E-state index in [4.69, 9.17) is 18.9 Å². The van der Waals surface area contributed by atoms with E-state index in [-0.39, 0.29) is 36.7 Å². The van der Waals surface area contributed by atoms with Crippen molar-refractivity contribution < 1.29 is 28.8 Å². The number of fused-ring (bicyclic) bond motifs is 3. The van der Waals surface area contributed by atoms with Crippen LogP contribution in [-0.2, 0) is 30.2 Å². The van der Waals surface area contributed by atoms with Gasteiger partial charge in [-0.25, -0.2) is 0 Å². The number of likely N-dealkylation sites (N-methyl/N-ethyl adjacent to an activating group) is 1. The summed E-state index contributed by atoms with van der Waals surface area (Å²) in [5.41, 5.74) is 6.28. The highest BCUT2D eigenvalue weighted by Crippen LogP contribution is 2.46. The van der Waals surface area contributed by atoms with Crippen molar-refractivity contribution in [1.82, 2.24) is 4.90 Å². The van der Waals surface area contributed by atoms with Gasteiger partial charge in [-0.3, -0.25) is 4.79 Å². The molecular formula is C29H37NO6. The smallest absolute Gasteiger partial charge is 0.288 e. The minimum absolute atomic E-state index is 0.0418. The minimum Gasteiger partial charge on any atom is -0.459 e. The summed E-state index contributed by atoms with van der Waals surface area (Å²) in [5, 5.41) is 9.61. The van der Waals surface area contributed by atoms with Crippen molar-refractivity contribution in [3.8, 4) is 11.1 Å². The highest BCUT2D eigenvalue weighted by Gasteiger charge is 2.40. The van der Waals surface area contributed by atoms with E-state index in [0.717, 1.165) is 6.42 Å². The van der Waals surface area contributed by atoms with Crippen molar-refractivity contribution in [3.63, 3.8) is 0 Å². The monoisotopic (exact) mass is 495 g/mol. The third-order valence-corrected chi connectivity index (χ3v) is 7.16. The molecule has 1 amide bonds. The molecule has 2 aliphatic rings. The van der Waals surface area contributed by atoms with Gasteiger partial charge in [0.1, 0.15) is 0 Å². The first-order valence-electron chi connectivity index (χ1n) is 12.6. The number of hydrogen-bond acceptors (Lipinski definition) is 6. The van der Waals surface area contributed by atoms with E-state index in [1.54, 1.807) is 26.2 Å². The van der Waals surface area contributed by atoms with Crippen LogP contribution >= 0.6 is 0 Å². The Bertz CT molecular complexity index is 1080. The quantitative estimate of drug-likeness (QED) is 0.404. The summed E-state index contributed by atoms with van der Waals surface area (Å²) in [6, 6.07) is 14.9. The molecule has 2 aromatic rings. The van der Waals surface area contributed by atoms with Gasteiger partial charge < -0.3 is 29.0 Å². The molecular weight excluding hydrogens is 458 g/mol. The molecule has 7 nitrogen and oxygen atoms in total. The summed E-state index contributed by atoms with van der Waals surface area (Å²) in [6.07, 6.45) is 3.02. The Hall–Kier alpha value is -2.71. The van der Waals surface area contributed by atoms with E-state index < -0.39 is 12.6 Å². The van der Waals surface area contributed by atoms with Crippen LogP contribution in [0.4, 0.5) is 0 Å².